The van der Waals surface area contributed by atoms with Crippen LogP contribution in [-0.2, 0) is 0 Å². The van der Waals surface area contributed by atoms with Crippen LogP contribution in [0.4, 0.5) is 0 Å². The summed E-state index contributed by atoms with van der Waals surface area (Å²) < 4.78 is 0. The van der Waals surface area contributed by atoms with Crippen molar-refractivity contribution in [2.24, 2.45) is 0 Å². The molecule has 0 aliphatic heterocycles. The molecule has 0 saturated carbocycles. The van der Waals surface area contributed by atoms with Crippen LogP contribution >= 0.6 is 34.5 Å². The largest absolute Gasteiger partial charge is 0.347 e. The molecule has 0 spiro atoms. The van der Waals surface area contributed by atoms with E-state index in [0.29, 0.717) is 15.8 Å². The Hall–Kier alpha value is -0.250. The molecule has 1 rings (SSSR count). The molecular weight excluding hydrogens is 241 g/mol. The summed E-state index contributed by atoms with van der Waals surface area (Å²) in [5.74, 6) is 0.281. The standard InChI is InChI=1S/C9H11Cl2NOS/c1-2-6(5-10)12-9(13)8-7(11)3-4-14-8/h3-4,6H,2,5H2,1H3,(H,12,13). The topological polar surface area (TPSA) is 29.1 Å². The van der Waals surface area contributed by atoms with E-state index in [1.807, 2.05) is 6.92 Å². The second-order valence-electron chi connectivity index (χ2n) is 2.83. The molecule has 1 heterocycles. The third-order valence-corrected chi connectivity index (χ3v) is 3.55. The van der Waals surface area contributed by atoms with Crippen molar-refractivity contribution in [1.82, 2.24) is 5.32 Å². The van der Waals surface area contributed by atoms with E-state index in [-0.39, 0.29) is 11.9 Å². The predicted octanol–water partition coefficient (Wildman–Crippen LogP) is 3.15. The van der Waals surface area contributed by atoms with Gasteiger partial charge < -0.3 is 5.32 Å². The minimum atomic E-state index is -0.141. The zero-order chi connectivity index (χ0) is 10.6. The quantitative estimate of drug-likeness (QED) is 0.819. The lowest BCUT2D eigenvalue weighted by Gasteiger charge is -2.12. The number of carbonyl (C=O) groups excluding carboxylic acids is 1. The number of hydrogen-bond acceptors (Lipinski definition) is 2. The van der Waals surface area contributed by atoms with Crippen molar-refractivity contribution in [1.29, 1.82) is 0 Å². The summed E-state index contributed by atoms with van der Waals surface area (Å²) >= 11 is 12.8. The molecule has 0 aromatic carbocycles. The highest BCUT2D eigenvalue weighted by molar-refractivity contribution is 7.12. The van der Waals surface area contributed by atoms with Crippen LogP contribution in [0.3, 0.4) is 0 Å². The first kappa shape index (κ1) is 11.8. The van der Waals surface area contributed by atoms with Gasteiger partial charge in [0, 0.05) is 11.9 Å². The summed E-state index contributed by atoms with van der Waals surface area (Å²) in [6.45, 7) is 1.98. The fourth-order valence-corrected chi connectivity index (χ4v) is 2.30. The van der Waals surface area contributed by atoms with Crippen LogP contribution in [0.1, 0.15) is 23.0 Å². The number of rotatable bonds is 4. The van der Waals surface area contributed by atoms with E-state index >= 15 is 0 Å². The molecule has 1 unspecified atom stereocenters. The van der Waals surface area contributed by atoms with Crippen LogP contribution in [0, 0.1) is 0 Å². The van der Waals surface area contributed by atoms with Gasteiger partial charge in [-0.1, -0.05) is 18.5 Å². The number of halogens is 2. The highest BCUT2D eigenvalue weighted by atomic mass is 35.5. The van der Waals surface area contributed by atoms with Crippen LogP contribution in [0.5, 0.6) is 0 Å². The zero-order valence-electron chi connectivity index (χ0n) is 7.72. The third-order valence-electron chi connectivity index (χ3n) is 1.84. The van der Waals surface area contributed by atoms with E-state index in [2.05, 4.69) is 5.32 Å². The summed E-state index contributed by atoms with van der Waals surface area (Å²) in [5, 5.41) is 5.10. The van der Waals surface area contributed by atoms with Crippen molar-refractivity contribution < 1.29 is 4.79 Å². The molecule has 0 bridgehead atoms. The van der Waals surface area contributed by atoms with Gasteiger partial charge in [0.15, 0.2) is 0 Å². The molecule has 1 aromatic rings. The molecular formula is C9H11Cl2NOS. The van der Waals surface area contributed by atoms with Crippen LogP contribution in [0.15, 0.2) is 11.4 Å². The van der Waals surface area contributed by atoms with E-state index in [0.717, 1.165) is 6.42 Å². The van der Waals surface area contributed by atoms with E-state index in [1.54, 1.807) is 11.4 Å². The average molecular weight is 252 g/mol. The number of hydrogen-bond donors (Lipinski definition) is 1. The normalized spacial score (nSPS) is 12.5. The number of nitrogens with one attached hydrogen (secondary N) is 1. The van der Waals surface area contributed by atoms with Crippen LogP contribution < -0.4 is 5.32 Å². The second-order valence-corrected chi connectivity index (χ2v) is 4.46. The lowest BCUT2D eigenvalue weighted by atomic mass is 10.2. The molecule has 78 valence electrons. The van der Waals surface area contributed by atoms with Gasteiger partial charge >= 0.3 is 0 Å². The Balaban J connectivity index is 2.63. The molecule has 1 N–H and O–H groups in total. The monoisotopic (exact) mass is 251 g/mol. The summed E-state index contributed by atoms with van der Waals surface area (Å²) in [4.78, 5) is 12.2. The molecule has 0 saturated heterocycles. The van der Waals surface area contributed by atoms with Crippen LogP contribution in [-0.4, -0.2) is 17.8 Å². The minimum Gasteiger partial charge on any atom is -0.347 e. The van der Waals surface area contributed by atoms with Gasteiger partial charge in [-0.15, -0.1) is 22.9 Å². The Morgan fingerprint density at radius 1 is 1.71 bits per heavy atom. The maximum atomic E-state index is 11.6. The minimum absolute atomic E-state index is 0.0160. The molecule has 1 atom stereocenters. The SMILES string of the molecule is CCC(CCl)NC(=O)c1sccc1Cl. The number of amides is 1. The molecule has 0 aliphatic rings. The van der Waals surface area contributed by atoms with Crippen molar-refractivity contribution in [2.75, 3.05) is 5.88 Å². The van der Waals surface area contributed by atoms with E-state index in [4.69, 9.17) is 23.2 Å². The van der Waals surface area contributed by atoms with Crippen molar-refractivity contribution in [3.63, 3.8) is 0 Å². The van der Waals surface area contributed by atoms with Gasteiger partial charge in [-0.25, -0.2) is 0 Å². The first-order valence-corrected chi connectivity index (χ1v) is 6.08. The Labute approximate surface area is 97.2 Å². The predicted molar refractivity (Wildman–Crippen MR) is 61.6 cm³/mol. The Morgan fingerprint density at radius 2 is 2.43 bits per heavy atom. The molecule has 0 aliphatic carbocycles. The smallest absolute Gasteiger partial charge is 0.263 e. The lowest BCUT2D eigenvalue weighted by molar-refractivity contribution is 0.0944. The molecule has 0 radical (unpaired) electrons. The number of carbonyl (C=O) groups is 1. The average Bonchev–Trinajstić information content (AvgIpc) is 2.60. The third kappa shape index (κ3) is 2.87. The summed E-state index contributed by atoms with van der Waals surface area (Å²) in [6.07, 6.45) is 0.818. The van der Waals surface area contributed by atoms with Crippen molar-refractivity contribution >= 4 is 40.4 Å². The molecule has 2 nitrogen and oxygen atoms in total. The van der Waals surface area contributed by atoms with Gasteiger partial charge in [0.2, 0.25) is 0 Å². The summed E-state index contributed by atoms with van der Waals surface area (Å²) in [5.41, 5.74) is 0. The molecule has 1 aromatic heterocycles. The van der Waals surface area contributed by atoms with E-state index < -0.39 is 0 Å². The fourth-order valence-electron chi connectivity index (χ4n) is 0.956. The first-order chi connectivity index (χ1) is 6.69. The van der Waals surface area contributed by atoms with Crippen molar-refractivity contribution in [2.45, 2.75) is 19.4 Å². The van der Waals surface area contributed by atoms with Crippen LogP contribution in [0.2, 0.25) is 5.02 Å². The molecule has 5 heteroatoms. The highest BCUT2D eigenvalue weighted by Gasteiger charge is 2.14. The van der Waals surface area contributed by atoms with E-state index in [1.165, 1.54) is 11.3 Å². The Morgan fingerprint density at radius 3 is 2.86 bits per heavy atom. The molecule has 0 fully saturated rings. The number of alkyl halides is 1. The maximum absolute atomic E-state index is 11.6. The van der Waals surface area contributed by atoms with Gasteiger partial charge in [0.25, 0.3) is 5.91 Å². The van der Waals surface area contributed by atoms with Gasteiger partial charge in [-0.05, 0) is 17.9 Å². The Kier molecular flexibility index (Phi) is 4.72. The number of thiophene rings is 1. The van der Waals surface area contributed by atoms with Gasteiger partial charge in [0.1, 0.15) is 4.88 Å². The van der Waals surface area contributed by atoms with Crippen LogP contribution in [0.25, 0.3) is 0 Å². The van der Waals surface area contributed by atoms with Crippen molar-refractivity contribution in [3.8, 4) is 0 Å². The first-order valence-electron chi connectivity index (χ1n) is 4.28. The van der Waals surface area contributed by atoms with Gasteiger partial charge in [-0.3, -0.25) is 4.79 Å². The molecule has 1 amide bonds. The molecule has 14 heavy (non-hydrogen) atoms. The lowest BCUT2D eigenvalue weighted by Crippen LogP contribution is -2.35. The highest BCUT2D eigenvalue weighted by Crippen LogP contribution is 2.21. The van der Waals surface area contributed by atoms with Crippen molar-refractivity contribution in [3.05, 3.63) is 21.3 Å². The summed E-state index contributed by atoms with van der Waals surface area (Å²) in [7, 11) is 0. The maximum Gasteiger partial charge on any atom is 0.263 e. The summed E-state index contributed by atoms with van der Waals surface area (Å²) in [6, 6.07) is 1.73. The second kappa shape index (κ2) is 5.59. The van der Waals surface area contributed by atoms with Gasteiger partial charge in [0.05, 0.1) is 5.02 Å². The van der Waals surface area contributed by atoms with Gasteiger partial charge in [-0.2, -0.15) is 0 Å². The Bertz CT molecular complexity index is 310. The zero-order valence-corrected chi connectivity index (χ0v) is 10.0. The van der Waals surface area contributed by atoms with E-state index in [9.17, 15) is 4.79 Å². The fraction of sp³-hybridized carbons (Fsp3) is 0.444.